The summed E-state index contributed by atoms with van der Waals surface area (Å²) >= 11 is 6.96. The molecule has 0 fully saturated rings. The molecule has 0 saturated carbocycles. The van der Waals surface area contributed by atoms with Crippen molar-refractivity contribution in [3.8, 4) is 0 Å². The molecule has 1 aromatic heterocycles. The normalized spacial score (nSPS) is 10.9. The molecule has 0 aliphatic heterocycles. The van der Waals surface area contributed by atoms with Crippen LogP contribution in [0.5, 0.6) is 0 Å². The van der Waals surface area contributed by atoms with Gasteiger partial charge in [0.05, 0.1) is 0 Å². The van der Waals surface area contributed by atoms with Gasteiger partial charge in [0, 0.05) is 33.1 Å². The van der Waals surface area contributed by atoms with E-state index in [-0.39, 0.29) is 0 Å². The maximum Gasteiger partial charge on any atom is 0.0490 e. The minimum absolute atomic E-state index is 1.11. The van der Waals surface area contributed by atoms with Crippen LogP contribution in [-0.2, 0) is 7.05 Å². The molecular weight excluding hydrogens is 282 g/mol. The summed E-state index contributed by atoms with van der Waals surface area (Å²) < 4.78 is 4.36. The van der Waals surface area contributed by atoms with Gasteiger partial charge in [-0.05, 0) is 34.1 Å². The quantitative estimate of drug-likeness (QED) is 0.697. The lowest BCUT2D eigenvalue weighted by molar-refractivity contribution is 0.966. The minimum atomic E-state index is 1.11. The molecule has 1 heterocycles. The molecule has 1 aromatic carbocycles. The Hall–Kier alpha value is -0.280. The Morgan fingerprint density at radius 1 is 1.25 bits per heavy atom. The standard InChI is InChI=1S/C9H7Br2N/c1-12-5-8(11)7-4-6(10)2-3-9(7)12/h2-5H,1H3. The minimum Gasteiger partial charge on any atom is -0.349 e. The highest BCUT2D eigenvalue weighted by atomic mass is 79.9. The Morgan fingerprint density at radius 2 is 2.00 bits per heavy atom. The van der Waals surface area contributed by atoms with Crippen molar-refractivity contribution in [2.24, 2.45) is 7.05 Å². The van der Waals surface area contributed by atoms with Crippen LogP contribution in [0.2, 0.25) is 0 Å². The van der Waals surface area contributed by atoms with Gasteiger partial charge in [0.1, 0.15) is 0 Å². The molecule has 3 heteroatoms. The van der Waals surface area contributed by atoms with Crippen LogP contribution < -0.4 is 0 Å². The SMILES string of the molecule is Cn1cc(Br)c2cc(Br)ccc21. The molecule has 0 aliphatic carbocycles. The van der Waals surface area contributed by atoms with E-state index in [1.807, 2.05) is 7.05 Å². The van der Waals surface area contributed by atoms with Crippen molar-refractivity contribution >= 4 is 42.8 Å². The Kier molecular flexibility index (Phi) is 2.00. The van der Waals surface area contributed by atoms with Crippen LogP contribution in [0.15, 0.2) is 33.3 Å². The lowest BCUT2D eigenvalue weighted by Gasteiger charge is -1.95. The number of hydrogen-bond acceptors (Lipinski definition) is 0. The van der Waals surface area contributed by atoms with Crippen LogP contribution in [0.1, 0.15) is 0 Å². The van der Waals surface area contributed by atoms with Crippen molar-refractivity contribution in [3.05, 3.63) is 33.3 Å². The number of rotatable bonds is 0. The predicted octanol–water partition coefficient (Wildman–Crippen LogP) is 3.70. The first-order valence-electron chi connectivity index (χ1n) is 3.58. The number of nitrogens with zero attached hydrogens (tertiary/aromatic N) is 1. The van der Waals surface area contributed by atoms with Gasteiger partial charge in [0.25, 0.3) is 0 Å². The van der Waals surface area contributed by atoms with Crippen LogP contribution >= 0.6 is 31.9 Å². The molecule has 1 nitrogen and oxygen atoms in total. The molecule has 0 aliphatic rings. The Balaban J connectivity index is 2.90. The monoisotopic (exact) mass is 287 g/mol. The third kappa shape index (κ3) is 1.21. The first kappa shape index (κ1) is 8.32. The van der Waals surface area contributed by atoms with E-state index in [0.717, 1.165) is 8.95 Å². The number of aryl methyl sites for hydroxylation is 1. The van der Waals surface area contributed by atoms with Gasteiger partial charge in [-0.3, -0.25) is 0 Å². The number of fused-ring (bicyclic) bond motifs is 1. The van der Waals surface area contributed by atoms with Gasteiger partial charge < -0.3 is 4.57 Å². The van der Waals surface area contributed by atoms with E-state index in [1.165, 1.54) is 10.9 Å². The second kappa shape index (κ2) is 2.89. The molecular formula is C9H7Br2N. The van der Waals surface area contributed by atoms with Gasteiger partial charge in [-0.15, -0.1) is 0 Å². The maximum atomic E-state index is 3.51. The topological polar surface area (TPSA) is 4.93 Å². The number of benzene rings is 1. The molecule has 0 unspecified atom stereocenters. The van der Waals surface area contributed by atoms with Gasteiger partial charge in [0.2, 0.25) is 0 Å². The van der Waals surface area contributed by atoms with E-state index < -0.39 is 0 Å². The largest absolute Gasteiger partial charge is 0.349 e. The van der Waals surface area contributed by atoms with E-state index in [1.54, 1.807) is 0 Å². The fraction of sp³-hybridized carbons (Fsp3) is 0.111. The highest BCUT2D eigenvalue weighted by Crippen LogP contribution is 2.27. The number of aromatic nitrogens is 1. The highest BCUT2D eigenvalue weighted by Gasteiger charge is 2.03. The maximum absolute atomic E-state index is 3.51. The smallest absolute Gasteiger partial charge is 0.0490 e. The van der Waals surface area contributed by atoms with Gasteiger partial charge in [-0.1, -0.05) is 15.9 Å². The lowest BCUT2D eigenvalue weighted by atomic mass is 10.2. The average molecular weight is 289 g/mol. The van der Waals surface area contributed by atoms with E-state index >= 15 is 0 Å². The van der Waals surface area contributed by atoms with Gasteiger partial charge >= 0.3 is 0 Å². The zero-order chi connectivity index (χ0) is 8.72. The summed E-state index contributed by atoms with van der Waals surface area (Å²) in [6, 6.07) is 6.26. The summed E-state index contributed by atoms with van der Waals surface area (Å²) in [5.74, 6) is 0. The predicted molar refractivity (Wildman–Crippen MR) is 58.3 cm³/mol. The van der Waals surface area contributed by atoms with E-state index in [0.29, 0.717) is 0 Å². The van der Waals surface area contributed by atoms with Gasteiger partial charge in [-0.2, -0.15) is 0 Å². The first-order valence-corrected chi connectivity index (χ1v) is 5.17. The number of halogens is 2. The summed E-state index contributed by atoms with van der Waals surface area (Å²) in [6.07, 6.45) is 2.07. The molecule has 2 rings (SSSR count). The van der Waals surface area contributed by atoms with Gasteiger partial charge in [-0.25, -0.2) is 0 Å². The van der Waals surface area contributed by atoms with Crippen LogP contribution in [0.3, 0.4) is 0 Å². The molecule has 0 bridgehead atoms. The Morgan fingerprint density at radius 3 is 2.75 bits per heavy atom. The molecule has 0 saturated heterocycles. The summed E-state index contributed by atoms with van der Waals surface area (Å²) in [6.45, 7) is 0. The van der Waals surface area contributed by atoms with Crippen molar-refractivity contribution in [2.45, 2.75) is 0 Å². The molecule has 0 N–H and O–H groups in total. The van der Waals surface area contributed by atoms with Crippen molar-refractivity contribution in [1.29, 1.82) is 0 Å². The van der Waals surface area contributed by atoms with Crippen LogP contribution in [0, 0.1) is 0 Å². The summed E-state index contributed by atoms with van der Waals surface area (Å²) in [4.78, 5) is 0. The number of hydrogen-bond donors (Lipinski definition) is 0. The first-order chi connectivity index (χ1) is 5.68. The van der Waals surface area contributed by atoms with Crippen molar-refractivity contribution in [2.75, 3.05) is 0 Å². The van der Waals surface area contributed by atoms with Crippen molar-refractivity contribution in [3.63, 3.8) is 0 Å². The zero-order valence-corrected chi connectivity index (χ0v) is 9.68. The third-order valence-corrected chi connectivity index (χ3v) is 3.03. The highest BCUT2D eigenvalue weighted by molar-refractivity contribution is 9.11. The molecule has 62 valence electrons. The van der Waals surface area contributed by atoms with E-state index in [4.69, 9.17) is 0 Å². The molecule has 0 spiro atoms. The van der Waals surface area contributed by atoms with Gasteiger partial charge in [0.15, 0.2) is 0 Å². The Bertz CT molecular complexity index is 431. The van der Waals surface area contributed by atoms with Crippen molar-refractivity contribution < 1.29 is 0 Å². The van der Waals surface area contributed by atoms with E-state index in [2.05, 4.69) is 60.8 Å². The average Bonchev–Trinajstić information content (AvgIpc) is 2.28. The van der Waals surface area contributed by atoms with Crippen LogP contribution in [-0.4, -0.2) is 4.57 Å². The Labute approximate surface area is 87.6 Å². The summed E-state index contributed by atoms with van der Waals surface area (Å²) in [7, 11) is 2.04. The molecule has 2 aromatic rings. The lowest BCUT2D eigenvalue weighted by Crippen LogP contribution is -1.82. The van der Waals surface area contributed by atoms with Crippen molar-refractivity contribution in [1.82, 2.24) is 4.57 Å². The second-order valence-electron chi connectivity index (χ2n) is 2.75. The second-order valence-corrected chi connectivity index (χ2v) is 4.52. The summed E-state index contributed by atoms with van der Waals surface area (Å²) in [5, 5.41) is 1.24. The fourth-order valence-electron chi connectivity index (χ4n) is 1.32. The molecule has 0 radical (unpaired) electrons. The molecule has 0 amide bonds. The fourth-order valence-corrected chi connectivity index (χ4v) is 2.30. The summed E-state index contributed by atoms with van der Waals surface area (Å²) in [5.41, 5.74) is 1.24. The van der Waals surface area contributed by atoms with Crippen LogP contribution in [0.4, 0.5) is 0 Å². The molecule has 0 atom stereocenters. The van der Waals surface area contributed by atoms with Crippen LogP contribution in [0.25, 0.3) is 10.9 Å². The zero-order valence-electron chi connectivity index (χ0n) is 6.51. The van der Waals surface area contributed by atoms with E-state index in [9.17, 15) is 0 Å². The molecule has 12 heavy (non-hydrogen) atoms. The third-order valence-electron chi connectivity index (χ3n) is 1.90.